The number of para-hydroxylation sites is 2. The number of anilines is 3. The van der Waals surface area contributed by atoms with Crippen LogP contribution < -0.4 is 25.4 Å². The summed E-state index contributed by atoms with van der Waals surface area (Å²) in [5.41, 5.74) is 2.12. The third-order valence-corrected chi connectivity index (χ3v) is 6.51. The van der Waals surface area contributed by atoms with Crippen molar-refractivity contribution in [2.75, 3.05) is 56.3 Å². The summed E-state index contributed by atoms with van der Waals surface area (Å²) in [6.07, 6.45) is 0.176. The van der Waals surface area contributed by atoms with Gasteiger partial charge in [0.1, 0.15) is 18.8 Å². The second-order valence-corrected chi connectivity index (χ2v) is 11.7. The molecule has 0 aliphatic carbocycles. The molecular weight excluding hydrogens is 562 g/mol. The first kappa shape index (κ1) is 32.2. The van der Waals surface area contributed by atoms with E-state index in [1.165, 1.54) is 0 Å². The van der Waals surface area contributed by atoms with Gasteiger partial charge in [0.25, 0.3) is 5.91 Å². The molecule has 3 aromatic carbocycles. The van der Waals surface area contributed by atoms with E-state index in [-0.39, 0.29) is 11.9 Å². The number of hydrogen-bond acceptors (Lipinski definition) is 7. The zero-order chi connectivity index (χ0) is 31.7. The number of ether oxygens (including phenoxy) is 3. The van der Waals surface area contributed by atoms with E-state index in [0.29, 0.717) is 60.4 Å². The van der Waals surface area contributed by atoms with Crippen LogP contribution in [0.1, 0.15) is 43.1 Å². The fourth-order valence-corrected chi connectivity index (χ4v) is 4.44. The van der Waals surface area contributed by atoms with Gasteiger partial charge in [-0.15, -0.1) is 0 Å². The Morgan fingerprint density at radius 1 is 0.818 bits per heavy atom. The molecule has 1 aliphatic heterocycles. The lowest BCUT2D eigenvalue weighted by atomic mass is 10.1. The molecule has 0 fully saturated rings. The maximum atomic E-state index is 13.4. The number of nitrogens with one attached hydrogen (secondary N) is 3. The normalized spacial score (nSPS) is 12.3. The van der Waals surface area contributed by atoms with Crippen molar-refractivity contribution >= 4 is 35.1 Å². The molecule has 0 unspecified atom stereocenters. The molecule has 0 bridgehead atoms. The lowest BCUT2D eigenvalue weighted by Crippen LogP contribution is -2.36. The Hall–Kier alpha value is -4.77. The topological polar surface area (TPSA) is 121 Å². The molecule has 0 radical (unpaired) electrons. The van der Waals surface area contributed by atoms with Crippen LogP contribution in [-0.2, 0) is 11.3 Å². The quantitative estimate of drug-likeness (QED) is 0.258. The summed E-state index contributed by atoms with van der Waals surface area (Å²) in [6.45, 7) is 8.02. The lowest BCUT2D eigenvalue weighted by Gasteiger charge is -2.25. The Bertz CT molecular complexity index is 1450. The first-order valence-electron chi connectivity index (χ1n) is 14.6. The highest BCUT2D eigenvalue weighted by Gasteiger charge is 2.19. The summed E-state index contributed by atoms with van der Waals surface area (Å²) in [7, 11) is 3.99. The van der Waals surface area contributed by atoms with Crippen LogP contribution in [0.5, 0.6) is 11.5 Å². The number of amides is 4. The molecule has 3 N–H and O–H groups in total. The van der Waals surface area contributed by atoms with E-state index in [0.717, 1.165) is 18.5 Å². The molecule has 3 aromatic rings. The smallest absolute Gasteiger partial charge is 0.412 e. The van der Waals surface area contributed by atoms with E-state index >= 15 is 0 Å². The summed E-state index contributed by atoms with van der Waals surface area (Å²) < 4.78 is 16.6. The van der Waals surface area contributed by atoms with Gasteiger partial charge in [0.05, 0.1) is 11.4 Å². The second-order valence-electron chi connectivity index (χ2n) is 11.7. The number of fused-ring (bicyclic) bond motifs is 1. The van der Waals surface area contributed by atoms with Gasteiger partial charge in [0.2, 0.25) is 0 Å². The van der Waals surface area contributed by atoms with Gasteiger partial charge in [-0.1, -0.05) is 24.3 Å². The largest absolute Gasteiger partial charge is 0.486 e. The molecule has 234 valence electrons. The number of urea groups is 1. The molecule has 0 saturated heterocycles. The van der Waals surface area contributed by atoms with Gasteiger partial charge < -0.3 is 34.6 Å². The molecule has 4 amide bonds. The first-order chi connectivity index (χ1) is 21.0. The molecule has 11 heteroatoms. The van der Waals surface area contributed by atoms with Crippen LogP contribution in [0.25, 0.3) is 0 Å². The van der Waals surface area contributed by atoms with Gasteiger partial charge in [-0.05, 0) is 89.8 Å². The third-order valence-electron chi connectivity index (χ3n) is 6.51. The highest BCUT2D eigenvalue weighted by Crippen LogP contribution is 2.32. The molecule has 11 nitrogen and oxygen atoms in total. The maximum absolute atomic E-state index is 13.4. The molecule has 1 heterocycles. The van der Waals surface area contributed by atoms with Crippen molar-refractivity contribution in [3.05, 3.63) is 77.9 Å². The van der Waals surface area contributed by atoms with Gasteiger partial charge in [0.15, 0.2) is 11.5 Å². The van der Waals surface area contributed by atoms with Crippen molar-refractivity contribution in [3.8, 4) is 11.5 Å². The first-order valence-corrected chi connectivity index (χ1v) is 14.6. The van der Waals surface area contributed by atoms with Crippen LogP contribution in [0.15, 0.2) is 66.7 Å². The fourth-order valence-electron chi connectivity index (χ4n) is 4.44. The highest BCUT2D eigenvalue weighted by atomic mass is 16.6. The van der Waals surface area contributed by atoms with E-state index in [1.807, 2.05) is 26.2 Å². The Labute approximate surface area is 258 Å². The molecule has 4 rings (SSSR count). The fraction of sp³-hybridized carbons (Fsp3) is 0.364. The van der Waals surface area contributed by atoms with Crippen molar-refractivity contribution in [1.29, 1.82) is 0 Å². The SMILES string of the molecule is CN(C)CCCN(Cc1ccc(C(=O)Nc2ccccc2NC(=O)OC(C)(C)C)cc1)C(=O)Nc1ccc2c(c1)OCCO2. The van der Waals surface area contributed by atoms with E-state index < -0.39 is 11.7 Å². The molecule has 0 aromatic heterocycles. The van der Waals surface area contributed by atoms with Crippen molar-refractivity contribution < 1.29 is 28.6 Å². The third kappa shape index (κ3) is 9.63. The van der Waals surface area contributed by atoms with Gasteiger partial charge in [-0.2, -0.15) is 0 Å². The van der Waals surface area contributed by atoms with Gasteiger partial charge in [0, 0.05) is 30.4 Å². The van der Waals surface area contributed by atoms with Gasteiger partial charge in [-0.3, -0.25) is 10.1 Å². The minimum atomic E-state index is -0.655. The summed E-state index contributed by atoms with van der Waals surface area (Å²) in [5.74, 6) is 0.920. The van der Waals surface area contributed by atoms with Gasteiger partial charge >= 0.3 is 12.1 Å². The zero-order valence-electron chi connectivity index (χ0n) is 25.9. The summed E-state index contributed by atoms with van der Waals surface area (Å²) in [6, 6.07) is 19.1. The van der Waals surface area contributed by atoms with Crippen LogP contribution in [0, 0.1) is 0 Å². The number of rotatable bonds is 10. The van der Waals surface area contributed by atoms with Crippen molar-refractivity contribution in [3.63, 3.8) is 0 Å². The summed E-state index contributed by atoms with van der Waals surface area (Å²) >= 11 is 0. The maximum Gasteiger partial charge on any atom is 0.412 e. The van der Waals surface area contributed by atoms with Crippen molar-refractivity contribution in [1.82, 2.24) is 9.80 Å². The predicted octanol–water partition coefficient (Wildman–Crippen LogP) is 6.04. The second kappa shape index (κ2) is 14.6. The molecular formula is C33H41N5O6. The average molecular weight is 604 g/mol. The number of carbonyl (C=O) groups excluding carboxylic acids is 3. The Morgan fingerprint density at radius 3 is 2.14 bits per heavy atom. The summed E-state index contributed by atoms with van der Waals surface area (Å²) in [4.78, 5) is 42.5. The Balaban J connectivity index is 1.41. The molecule has 44 heavy (non-hydrogen) atoms. The highest BCUT2D eigenvalue weighted by molar-refractivity contribution is 6.06. The van der Waals surface area contributed by atoms with Crippen LogP contribution in [-0.4, -0.2) is 73.8 Å². The zero-order valence-corrected chi connectivity index (χ0v) is 25.9. The van der Waals surface area contributed by atoms with Crippen LogP contribution in [0.2, 0.25) is 0 Å². The van der Waals surface area contributed by atoms with Gasteiger partial charge in [-0.25, -0.2) is 9.59 Å². The number of hydrogen-bond donors (Lipinski definition) is 3. The number of nitrogens with zero attached hydrogens (tertiary/aromatic N) is 2. The molecule has 0 saturated carbocycles. The van der Waals surface area contributed by atoms with Crippen LogP contribution in [0.4, 0.5) is 26.7 Å². The predicted molar refractivity (Wildman–Crippen MR) is 171 cm³/mol. The minimum Gasteiger partial charge on any atom is -0.486 e. The Morgan fingerprint density at radius 2 is 1.48 bits per heavy atom. The number of carbonyl (C=O) groups is 3. The lowest BCUT2D eigenvalue weighted by molar-refractivity contribution is 0.0635. The monoisotopic (exact) mass is 603 g/mol. The van der Waals surface area contributed by atoms with E-state index in [1.54, 1.807) is 80.3 Å². The van der Waals surface area contributed by atoms with Crippen LogP contribution >= 0.6 is 0 Å². The van der Waals surface area contributed by atoms with Crippen LogP contribution in [0.3, 0.4) is 0 Å². The average Bonchev–Trinajstić information content (AvgIpc) is 2.96. The molecule has 0 atom stereocenters. The molecule has 1 aliphatic rings. The molecule has 0 spiro atoms. The van der Waals surface area contributed by atoms with Crippen molar-refractivity contribution in [2.24, 2.45) is 0 Å². The van der Waals surface area contributed by atoms with E-state index in [2.05, 4.69) is 20.9 Å². The summed E-state index contributed by atoms with van der Waals surface area (Å²) in [5, 5.41) is 8.51. The standard InChI is InChI=1S/C33H41N5O6/c1-33(2,3)44-32(41)36-27-10-7-6-9-26(27)35-30(39)24-13-11-23(12-14-24)22-38(18-8-17-37(4)5)31(40)34-25-15-16-28-29(21-25)43-20-19-42-28/h6-7,9-16,21H,8,17-20,22H2,1-5H3,(H,34,40)(H,35,39)(H,36,41). The number of benzene rings is 3. The van der Waals surface area contributed by atoms with E-state index in [4.69, 9.17) is 14.2 Å². The van der Waals surface area contributed by atoms with E-state index in [9.17, 15) is 14.4 Å². The van der Waals surface area contributed by atoms with Crippen molar-refractivity contribution in [2.45, 2.75) is 39.3 Å². The Kier molecular flexibility index (Phi) is 10.7. The minimum absolute atomic E-state index is 0.239.